The first-order valence-corrected chi connectivity index (χ1v) is 7.36. The van der Waals surface area contributed by atoms with Gasteiger partial charge in [-0.15, -0.1) is 11.3 Å². The summed E-state index contributed by atoms with van der Waals surface area (Å²) in [5, 5.41) is 5.07. The number of thiophene rings is 1. The SMILES string of the molecule is CCn1c(C(=O)NCCC(C)C)cc2sccc21. The van der Waals surface area contributed by atoms with E-state index in [2.05, 4.69) is 42.1 Å². The Hall–Kier alpha value is -1.29. The second-order valence-electron chi connectivity index (χ2n) is 4.88. The molecule has 2 aromatic rings. The number of nitrogens with zero attached hydrogens (tertiary/aromatic N) is 1. The minimum absolute atomic E-state index is 0.0425. The van der Waals surface area contributed by atoms with Crippen LogP contribution in [0.15, 0.2) is 17.5 Å². The second kappa shape index (κ2) is 5.57. The van der Waals surface area contributed by atoms with Crippen molar-refractivity contribution >= 4 is 27.5 Å². The van der Waals surface area contributed by atoms with Crippen LogP contribution in [0.5, 0.6) is 0 Å². The van der Waals surface area contributed by atoms with Gasteiger partial charge in [0, 0.05) is 13.1 Å². The Morgan fingerprint density at radius 2 is 2.28 bits per heavy atom. The highest BCUT2D eigenvalue weighted by atomic mass is 32.1. The minimum atomic E-state index is 0.0425. The largest absolute Gasteiger partial charge is 0.351 e. The standard InChI is InChI=1S/C14H20N2OS/c1-4-16-11-6-8-18-13(11)9-12(16)14(17)15-7-5-10(2)3/h6,8-10H,4-5,7H2,1-3H3,(H,15,17). The predicted octanol–water partition coefficient (Wildman–Crippen LogP) is 3.50. The Balaban J connectivity index is 2.14. The van der Waals surface area contributed by atoms with Crippen molar-refractivity contribution in [1.29, 1.82) is 0 Å². The van der Waals surface area contributed by atoms with Crippen molar-refractivity contribution in [2.45, 2.75) is 33.7 Å². The molecule has 3 nitrogen and oxygen atoms in total. The molecule has 0 aliphatic rings. The van der Waals surface area contributed by atoms with Gasteiger partial charge in [-0.25, -0.2) is 0 Å². The number of aromatic nitrogens is 1. The van der Waals surface area contributed by atoms with E-state index in [1.54, 1.807) is 11.3 Å². The fourth-order valence-electron chi connectivity index (χ4n) is 2.07. The maximum atomic E-state index is 12.1. The van der Waals surface area contributed by atoms with Gasteiger partial charge in [0.2, 0.25) is 0 Å². The summed E-state index contributed by atoms with van der Waals surface area (Å²) in [7, 11) is 0. The molecule has 0 aromatic carbocycles. The second-order valence-corrected chi connectivity index (χ2v) is 5.83. The van der Waals surface area contributed by atoms with Crippen LogP contribution >= 0.6 is 11.3 Å². The number of aryl methyl sites for hydroxylation is 1. The molecule has 0 radical (unpaired) electrons. The van der Waals surface area contributed by atoms with Gasteiger partial charge in [0.1, 0.15) is 5.69 Å². The van der Waals surface area contributed by atoms with E-state index in [-0.39, 0.29) is 5.91 Å². The maximum Gasteiger partial charge on any atom is 0.267 e. The third-order valence-electron chi connectivity index (χ3n) is 3.08. The molecule has 0 atom stereocenters. The summed E-state index contributed by atoms with van der Waals surface area (Å²) < 4.78 is 3.27. The molecule has 0 saturated carbocycles. The lowest BCUT2D eigenvalue weighted by Gasteiger charge is -2.09. The number of carbonyl (C=O) groups is 1. The van der Waals surface area contributed by atoms with Gasteiger partial charge in [-0.3, -0.25) is 4.79 Å². The number of fused-ring (bicyclic) bond motifs is 1. The molecular formula is C14H20N2OS. The summed E-state index contributed by atoms with van der Waals surface area (Å²) in [6.45, 7) is 7.97. The molecule has 98 valence electrons. The lowest BCUT2D eigenvalue weighted by atomic mass is 10.1. The monoisotopic (exact) mass is 264 g/mol. The van der Waals surface area contributed by atoms with Crippen LogP contribution in [0.25, 0.3) is 10.2 Å². The van der Waals surface area contributed by atoms with Crippen LogP contribution in [-0.2, 0) is 6.54 Å². The van der Waals surface area contributed by atoms with E-state index < -0.39 is 0 Å². The molecule has 0 spiro atoms. The number of hydrogen-bond donors (Lipinski definition) is 1. The van der Waals surface area contributed by atoms with Gasteiger partial charge in [0.15, 0.2) is 0 Å². The number of rotatable bonds is 5. The summed E-state index contributed by atoms with van der Waals surface area (Å²) in [4.78, 5) is 12.1. The molecule has 0 saturated heterocycles. The molecular weight excluding hydrogens is 244 g/mol. The van der Waals surface area contributed by atoms with Gasteiger partial charge in [-0.2, -0.15) is 0 Å². The quantitative estimate of drug-likeness (QED) is 0.881. The lowest BCUT2D eigenvalue weighted by Crippen LogP contribution is -2.27. The lowest BCUT2D eigenvalue weighted by molar-refractivity contribution is 0.0943. The van der Waals surface area contributed by atoms with E-state index in [1.165, 1.54) is 4.70 Å². The van der Waals surface area contributed by atoms with Crippen LogP contribution in [0, 0.1) is 5.92 Å². The van der Waals surface area contributed by atoms with E-state index in [0.717, 1.165) is 30.7 Å². The summed E-state index contributed by atoms with van der Waals surface area (Å²) in [6, 6.07) is 4.07. The zero-order valence-electron chi connectivity index (χ0n) is 11.2. The van der Waals surface area contributed by atoms with Crippen LogP contribution in [0.2, 0.25) is 0 Å². The summed E-state index contributed by atoms with van der Waals surface area (Å²) in [5.74, 6) is 0.660. The Morgan fingerprint density at radius 3 is 2.94 bits per heavy atom. The molecule has 0 aliphatic heterocycles. The molecule has 2 rings (SSSR count). The Bertz CT molecular complexity index is 539. The maximum absolute atomic E-state index is 12.1. The van der Waals surface area contributed by atoms with Crippen LogP contribution in [0.3, 0.4) is 0 Å². The number of hydrogen-bond acceptors (Lipinski definition) is 2. The molecule has 0 aliphatic carbocycles. The molecule has 0 fully saturated rings. The van der Waals surface area contributed by atoms with Crippen molar-refractivity contribution in [2.75, 3.05) is 6.54 Å². The molecule has 2 heterocycles. The molecule has 0 unspecified atom stereocenters. The van der Waals surface area contributed by atoms with Crippen LogP contribution in [-0.4, -0.2) is 17.0 Å². The zero-order valence-corrected chi connectivity index (χ0v) is 12.0. The van der Waals surface area contributed by atoms with Crippen molar-refractivity contribution in [3.63, 3.8) is 0 Å². The van der Waals surface area contributed by atoms with Gasteiger partial charge in [0.25, 0.3) is 5.91 Å². The zero-order chi connectivity index (χ0) is 13.1. The van der Waals surface area contributed by atoms with Crippen molar-refractivity contribution < 1.29 is 4.79 Å². The number of carbonyl (C=O) groups excluding carboxylic acids is 1. The van der Waals surface area contributed by atoms with Crippen molar-refractivity contribution in [3.05, 3.63) is 23.2 Å². The smallest absolute Gasteiger partial charge is 0.267 e. The van der Waals surface area contributed by atoms with E-state index in [9.17, 15) is 4.79 Å². The summed E-state index contributed by atoms with van der Waals surface area (Å²) in [6.07, 6.45) is 1.02. The Labute approximate surface area is 112 Å². The van der Waals surface area contributed by atoms with Crippen LogP contribution in [0.1, 0.15) is 37.7 Å². The predicted molar refractivity (Wildman–Crippen MR) is 77.3 cm³/mol. The average molecular weight is 264 g/mol. The fraction of sp³-hybridized carbons (Fsp3) is 0.500. The van der Waals surface area contributed by atoms with Gasteiger partial charge in [-0.1, -0.05) is 13.8 Å². The molecule has 4 heteroatoms. The first-order valence-electron chi connectivity index (χ1n) is 6.48. The molecule has 18 heavy (non-hydrogen) atoms. The van der Waals surface area contributed by atoms with Crippen LogP contribution in [0.4, 0.5) is 0 Å². The summed E-state index contributed by atoms with van der Waals surface area (Å²) >= 11 is 1.68. The normalized spacial score (nSPS) is 11.3. The van der Waals surface area contributed by atoms with Crippen molar-refractivity contribution in [2.24, 2.45) is 5.92 Å². The van der Waals surface area contributed by atoms with Gasteiger partial charge < -0.3 is 9.88 Å². The molecule has 0 bridgehead atoms. The molecule has 1 N–H and O–H groups in total. The fourth-order valence-corrected chi connectivity index (χ4v) is 2.89. The topological polar surface area (TPSA) is 34.0 Å². The van der Waals surface area contributed by atoms with Crippen molar-refractivity contribution in [3.8, 4) is 0 Å². The van der Waals surface area contributed by atoms with E-state index in [4.69, 9.17) is 0 Å². The highest BCUT2D eigenvalue weighted by molar-refractivity contribution is 7.17. The molecule has 1 amide bonds. The third kappa shape index (κ3) is 2.58. The first kappa shape index (κ1) is 13.1. The van der Waals surface area contributed by atoms with Gasteiger partial charge in [-0.05, 0) is 36.8 Å². The first-order chi connectivity index (χ1) is 8.63. The summed E-state index contributed by atoms with van der Waals surface area (Å²) in [5.41, 5.74) is 1.94. The highest BCUT2D eigenvalue weighted by Gasteiger charge is 2.14. The highest BCUT2D eigenvalue weighted by Crippen LogP contribution is 2.25. The van der Waals surface area contributed by atoms with Crippen molar-refractivity contribution in [1.82, 2.24) is 9.88 Å². The van der Waals surface area contributed by atoms with E-state index in [1.807, 2.05) is 6.07 Å². The average Bonchev–Trinajstić information content (AvgIpc) is 2.87. The van der Waals surface area contributed by atoms with Gasteiger partial charge >= 0.3 is 0 Å². The van der Waals surface area contributed by atoms with E-state index >= 15 is 0 Å². The number of amides is 1. The van der Waals surface area contributed by atoms with Gasteiger partial charge in [0.05, 0.1) is 10.2 Å². The molecule has 2 aromatic heterocycles. The Morgan fingerprint density at radius 1 is 1.50 bits per heavy atom. The third-order valence-corrected chi connectivity index (χ3v) is 3.93. The van der Waals surface area contributed by atoms with Crippen LogP contribution < -0.4 is 5.32 Å². The number of nitrogens with one attached hydrogen (secondary N) is 1. The Kier molecular flexibility index (Phi) is 4.07. The minimum Gasteiger partial charge on any atom is -0.351 e. The van der Waals surface area contributed by atoms with E-state index in [0.29, 0.717) is 5.92 Å².